The Hall–Kier alpha value is -1.93. The van der Waals surface area contributed by atoms with Crippen molar-refractivity contribution in [2.24, 2.45) is 0 Å². The van der Waals surface area contributed by atoms with Gasteiger partial charge in [-0.15, -0.1) is 0 Å². The number of nitrogens with zero attached hydrogens (tertiary/aromatic N) is 1. The molecule has 0 aromatic carbocycles. The Morgan fingerprint density at radius 1 is 1.04 bits per heavy atom. The quantitative estimate of drug-likeness (QED) is 0.282. The minimum absolute atomic E-state index is 0.0206. The van der Waals surface area contributed by atoms with Gasteiger partial charge in [0.1, 0.15) is 6.54 Å². The number of nitrogens with one attached hydrogen (secondary N) is 1. The molecule has 0 bridgehead atoms. The van der Waals surface area contributed by atoms with E-state index in [1.54, 1.807) is 6.08 Å². The second-order valence-corrected chi connectivity index (χ2v) is 6.12. The van der Waals surface area contributed by atoms with E-state index in [1.165, 1.54) is 13.8 Å². The Morgan fingerprint density at radius 3 is 2.04 bits per heavy atom. The number of quaternary nitrogens is 1. The molecule has 0 aromatic heterocycles. The van der Waals surface area contributed by atoms with Crippen LogP contribution in [0.3, 0.4) is 0 Å². The number of amides is 1. The van der Waals surface area contributed by atoms with Crippen molar-refractivity contribution < 1.29 is 34.2 Å². The van der Waals surface area contributed by atoms with E-state index in [0.717, 1.165) is 12.8 Å². The first-order chi connectivity index (χ1) is 11.7. The lowest BCUT2D eigenvalue weighted by Gasteiger charge is -2.44. The summed E-state index contributed by atoms with van der Waals surface area (Å²) in [4.78, 5) is 34.7. The lowest BCUT2D eigenvalue weighted by Crippen LogP contribution is -2.67. The maximum atomic E-state index is 11.8. The van der Waals surface area contributed by atoms with E-state index in [-0.39, 0.29) is 43.1 Å². The molecular weight excluding hydrogens is 328 g/mol. The van der Waals surface area contributed by atoms with Gasteiger partial charge in [0.25, 0.3) is 0 Å². The summed E-state index contributed by atoms with van der Waals surface area (Å²) in [5, 5.41) is 30.8. The van der Waals surface area contributed by atoms with Crippen LogP contribution >= 0.6 is 0 Å². The highest BCUT2D eigenvalue weighted by atomic mass is 16.4. The van der Waals surface area contributed by atoms with Gasteiger partial charge in [-0.3, -0.25) is 9.28 Å². The molecule has 25 heavy (non-hydrogen) atoms. The number of carbonyl (C=O) groups excluding carboxylic acids is 1. The molecule has 4 N–H and O–H groups in total. The lowest BCUT2D eigenvalue weighted by atomic mass is 10.1. The van der Waals surface area contributed by atoms with Crippen molar-refractivity contribution in [1.82, 2.24) is 5.32 Å². The topological polar surface area (TPSA) is 124 Å². The second-order valence-electron chi connectivity index (χ2n) is 6.12. The highest BCUT2D eigenvalue weighted by Crippen LogP contribution is 2.20. The van der Waals surface area contributed by atoms with Gasteiger partial charge in [-0.1, -0.05) is 25.5 Å². The van der Waals surface area contributed by atoms with Gasteiger partial charge in [-0.25, -0.2) is 9.59 Å². The maximum Gasteiger partial charge on any atom is 0.362 e. The predicted molar refractivity (Wildman–Crippen MR) is 93.0 cm³/mol. The van der Waals surface area contributed by atoms with Crippen LogP contribution in [0, 0.1) is 0 Å². The second kappa shape index (κ2) is 11.6. The molecule has 0 aliphatic rings. The summed E-state index contributed by atoms with van der Waals surface area (Å²) in [5.74, 6) is -2.49. The molecule has 8 nitrogen and oxygen atoms in total. The molecule has 144 valence electrons. The SMILES string of the molecule is CCC/C=C/CC(=O)NCC[N+](CCO)(C(C)C(=O)O)C(C)C(=O)O. The zero-order chi connectivity index (χ0) is 19.5. The Labute approximate surface area is 148 Å². The van der Waals surface area contributed by atoms with Crippen molar-refractivity contribution in [3.63, 3.8) is 0 Å². The fourth-order valence-electron chi connectivity index (χ4n) is 2.80. The number of carbonyl (C=O) groups is 3. The van der Waals surface area contributed by atoms with Gasteiger partial charge in [0.15, 0.2) is 12.1 Å². The van der Waals surface area contributed by atoms with E-state index in [9.17, 15) is 29.7 Å². The summed E-state index contributed by atoms with van der Waals surface area (Å²) in [6, 6.07) is -2.06. The third-order valence-corrected chi connectivity index (χ3v) is 4.55. The number of unbranched alkanes of at least 4 members (excludes halogenated alkanes) is 1. The molecule has 0 aliphatic carbocycles. The molecule has 2 unspecified atom stereocenters. The first-order valence-electron chi connectivity index (χ1n) is 8.57. The lowest BCUT2D eigenvalue weighted by molar-refractivity contribution is -0.954. The Kier molecular flexibility index (Phi) is 10.7. The number of rotatable bonds is 13. The average molecular weight is 359 g/mol. The fraction of sp³-hybridized carbons (Fsp3) is 0.706. The molecule has 0 aliphatic heterocycles. The summed E-state index contributed by atoms with van der Waals surface area (Å²) in [6.07, 6.45) is 5.82. The monoisotopic (exact) mass is 359 g/mol. The van der Waals surface area contributed by atoms with Crippen molar-refractivity contribution in [2.45, 2.75) is 52.1 Å². The molecule has 0 rings (SSSR count). The van der Waals surface area contributed by atoms with Crippen LogP contribution in [0.2, 0.25) is 0 Å². The molecule has 0 spiro atoms. The normalized spacial score (nSPS) is 16.2. The van der Waals surface area contributed by atoms with Crippen LogP contribution in [0.1, 0.15) is 40.0 Å². The number of hydrogen-bond acceptors (Lipinski definition) is 4. The molecule has 1 amide bonds. The van der Waals surface area contributed by atoms with Gasteiger partial charge >= 0.3 is 11.9 Å². The van der Waals surface area contributed by atoms with Crippen molar-refractivity contribution in [1.29, 1.82) is 0 Å². The zero-order valence-electron chi connectivity index (χ0n) is 15.3. The Balaban J connectivity index is 5.02. The summed E-state index contributed by atoms with van der Waals surface area (Å²) < 4.78 is -0.340. The van der Waals surface area contributed by atoms with E-state index in [1.807, 2.05) is 13.0 Å². The summed E-state index contributed by atoms with van der Waals surface area (Å²) >= 11 is 0. The Bertz CT molecular complexity index is 458. The fourth-order valence-corrected chi connectivity index (χ4v) is 2.80. The van der Waals surface area contributed by atoms with Crippen LogP contribution in [0.15, 0.2) is 12.2 Å². The highest BCUT2D eigenvalue weighted by Gasteiger charge is 2.46. The van der Waals surface area contributed by atoms with Gasteiger partial charge in [-0.2, -0.15) is 0 Å². The van der Waals surface area contributed by atoms with E-state index < -0.39 is 24.0 Å². The van der Waals surface area contributed by atoms with Gasteiger partial charge in [0, 0.05) is 6.42 Å². The predicted octanol–water partition coefficient (Wildman–Crippen LogP) is 0.604. The first kappa shape index (κ1) is 23.1. The van der Waals surface area contributed by atoms with Crippen LogP contribution in [0.5, 0.6) is 0 Å². The number of carboxylic acids is 2. The third-order valence-electron chi connectivity index (χ3n) is 4.55. The van der Waals surface area contributed by atoms with Crippen molar-refractivity contribution in [3.8, 4) is 0 Å². The standard InChI is InChI=1S/C17H30N2O6/c1-4-5-6-7-8-15(21)18-9-10-19(11-12-20,13(2)16(22)23)14(3)17(24)25/h6-7,13-14,20H,4-5,8-12H2,1-3H3,(H2-,18,21,22,23,24,25)/p+1/b7-6+. The first-order valence-corrected chi connectivity index (χ1v) is 8.57. The molecule has 0 fully saturated rings. The van der Waals surface area contributed by atoms with Crippen LogP contribution in [0.25, 0.3) is 0 Å². The third kappa shape index (κ3) is 7.23. The minimum Gasteiger partial charge on any atom is -0.477 e. The molecule has 0 aromatic rings. The number of carboxylic acid groups (broad SMARTS) is 2. The number of aliphatic hydroxyl groups is 1. The highest BCUT2D eigenvalue weighted by molar-refractivity contribution is 5.77. The summed E-state index contributed by atoms with van der Waals surface area (Å²) in [6.45, 7) is 4.76. The molecule has 0 saturated carbocycles. The van der Waals surface area contributed by atoms with E-state index in [2.05, 4.69) is 5.32 Å². The molecule has 8 heteroatoms. The smallest absolute Gasteiger partial charge is 0.362 e. The number of hydrogen-bond donors (Lipinski definition) is 4. The van der Waals surface area contributed by atoms with Crippen LogP contribution in [-0.4, -0.2) is 76.0 Å². The molecule has 0 radical (unpaired) electrons. The maximum absolute atomic E-state index is 11.8. The number of aliphatic hydroxyl groups excluding tert-OH is 1. The largest absolute Gasteiger partial charge is 0.477 e. The van der Waals surface area contributed by atoms with Gasteiger partial charge in [0.2, 0.25) is 5.91 Å². The zero-order valence-corrected chi connectivity index (χ0v) is 15.3. The number of allylic oxidation sites excluding steroid dienone is 1. The van der Waals surface area contributed by atoms with Crippen LogP contribution < -0.4 is 5.32 Å². The van der Waals surface area contributed by atoms with Crippen molar-refractivity contribution in [3.05, 3.63) is 12.2 Å². The minimum atomic E-state index is -1.14. The van der Waals surface area contributed by atoms with E-state index in [0.29, 0.717) is 0 Å². The summed E-state index contributed by atoms with van der Waals surface area (Å²) in [7, 11) is 0. The average Bonchev–Trinajstić information content (AvgIpc) is 2.56. The van der Waals surface area contributed by atoms with Crippen molar-refractivity contribution >= 4 is 17.8 Å². The van der Waals surface area contributed by atoms with Gasteiger partial charge in [0.05, 0.1) is 19.7 Å². The Morgan fingerprint density at radius 2 is 1.60 bits per heavy atom. The molecule has 0 heterocycles. The molecular formula is C17H31N2O6+. The van der Waals surface area contributed by atoms with Gasteiger partial charge in [-0.05, 0) is 20.3 Å². The van der Waals surface area contributed by atoms with Crippen molar-refractivity contribution in [2.75, 3.05) is 26.2 Å². The van der Waals surface area contributed by atoms with E-state index >= 15 is 0 Å². The van der Waals surface area contributed by atoms with E-state index in [4.69, 9.17) is 0 Å². The van der Waals surface area contributed by atoms with Crippen LogP contribution in [-0.2, 0) is 14.4 Å². The molecule has 2 atom stereocenters. The summed E-state index contributed by atoms with van der Waals surface area (Å²) in [5.41, 5.74) is 0. The molecule has 0 saturated heterocycles. The number of aliphatic carboxylic acids is 2. The van der Waals surface area contributed by atoms with Gasteiger partial charge < -0.3 is 20.6 Å². The van der Waals surface area contributed by atoms with Crippen LogP contribution in [0.4, 0.5) is 0 Å².